The molecule has 2 heterocycles. The third kappa shape index (κ3) is 3.37. The molecule has 0 aliphatic heterocycles. The van der Waals surface area contributed by atoms with Gasteiger partial charge in [-0.05, 0) is 24.6 Å². The van der Waals surface area contributed by atoms with Crippen LogP contribution >= 0.6 is 0 Å². The maximum atomic E-state index is 12.4. The van der Waals surface area contributed by atoms with Crippen molar-refractivity contribution in [2.45, 2.75) is 13.5 Å². The van der Waals surface area contributed by atoms with Gasteiger partial charge in [0.1, 0.15) is 5.75 Å². The number of ether oxygens (including phenoxy) is 1. The largest absolute Gasteiger partial charge is 0.492 e. The number of aromatic nitrogens is 5. The fourth-order valence-corrected chi connectivity index (χ4v) is 2.84. The first kappa shape index (κ1) is 16.8. The van der Waals surface area contributed by atoms with Gasteiger partial charge in [0, 0.05) is 0 Å². The van der Waals surface area contributed by atoms with Gasteiger partial charge in [-0.2, -0.15) is 5.10 Å². The first-order valence-electron chi connectivity index (χ1n) is 8.61. The summed E-state index contributed by atoms with van der Waals surface area (Å²) < 4.78 is 7.20. The molecule has 0 unspecified atom stereocenters. The first-order chi connectivity index (χ1) is 13.3. The van der Waals surface area contributed by atoms with Crippen molar-refractivity contribution in [3.05, 3.63) is 70.5 Å². The first-order valence-corrected chi connectivity index (χ1v) is 8.61. The minimum absolute atomic E-state index is 0.338. The number of anilines is 2. The van der Waals surface area contributed by atoms with Crippen LogP contribution in [0.3, 0.4) is 0 Å². The Bertz CT molecular complexity index is 1120. The van der Waals surface area contributed by atoms with Gasteiger partial charge in [-0.1, -0.05) is 47.7 Å². The quantitative estimate of drug-likeness (QED) is 0.547. The van der Waals surface area contributed by atoms with Crippen LogP contribution in [0.1, 0.15) is 12.5 Å². The molecule has 2 aromatic carbocycles. The van der Waals surface area contributed by atoms with Crippen molar-refractivity contribution in [3.8, 4) is 5.75 Å². The molecule has 2 N–H and O–H groups in total. The number of nitrogens with zero attached hydrogens (tertiary/aromatic N) is 4. The minimum atomic E-state index is -0.338. The molecule has 2 aromatic heterocycles. The molecule has 27 heavy (non-hydrogen) atoms. The van der Waals surface area contributed by atoms with Crippen LogP contribution in [0.5, 0.6) is 5.75 Å². The Morgan fingerprint density at radius 2 is 1.89 bits per heavy atom. The second kappa shape index (κ2) is 7.28. The monoisotopic (exact) mass is 362 g/mol. The van der Waals surface area contributed by atoms with E-state index in [1.807, 2.05) is 61.5 Å². The molecule has 0 saturated heterocycles. The molecule has 8 nitrogen and oxygen atoms in total. The van der Waals surface area contributed by atoms with Crippen LogP contribution in [-0.4, -0.2) is 31.8 Å². The molecule has 136 valence electrons. The summed E-state index contributed by atoms with van der Waals surface area (Å²) in [6, 6.07) is 17.3. The lowest BCUT2D eigenvalue weighted by molar-refractivity contribution is 0.342. The number of H-pyrrole nitrogens is 1. The number of aromatic amines is 1. The summed E-state index contributed by atoms with van der Waals surface area (Å²) >= 11 is 0. The molecule has 8 heteroatoms. The van der Waals surface area contributed by atoms with Crippen molar-refractivity contribution in [1.29, 1.82) is 0 Å². The zero-order chi connectivity index (χ0) is 18.6. The summed E-state index contributed by atoms with van der Waals surface area (Å²) in [7, 11) is 0. The summed E-state index contributed by atoms with van der Waals surface area (Å²) in [5, 5.41) is 18.1. The summed E-state index contributed by atoms with van der Waals surface area (Å²) in [5.41, 5.74) is 2.19. The molecule has 0 bridgehead atoms. The number of benzene rings is 2. The van der Waals surface area contributed by atoms with E-state index < -0.39 is 0 Å². The highest BCUT2D eigenvalue weighted by Crippen LogP contribution is 2.28. The Labute approximate surface area is 154 Å². The fraction of sp³-hybridized carbons (Fsp3) is 0.158. The lowest BCUT2D eigenvalue weighted by Gasteiger charge is -2.11. The van der Waals surface area contributed by atoms with Gasteiger partial charge in [0.05, 0.1) is 18.8 Å². The maximum absolute atomic E-state index is 12.4. The number of rotatable bonds is 6. The van der Waals surface area contributed by atoms with Crippen molar-refractivity contribution in [3.63, 3.8) is 0 Å². The normalized spacial score (nSPS) is 10.9. The highest BCUT2D eigenvalue weighted by molar-refractivity contribution is 5.87. The predicted octanol–water partition coefficient (Wildman–Crippen LogP) is 2.71. The van der Waals surface area contributed by atoms with Gasteiger partial charge < -0.3 is 10.1 Å². The average molecular weight is 362 g/mol. The van der Waals surface area contributed by atoms with Gasteiger partial charge >= 0.3 is 0 Å². The standard InChI is InChI=1S/C19H18N6O2/c1-2-27-15-11-7-6-10-14(15)20-18-16-17(19(26)23-22-18)25(24-21-16)12-13-8-4-3-5-9-13/h3-11H,2,12H2,1H3,(H,20,22)(H,23,26). The molecular formula is C19H18N6O2. The molecule has 0 aliphatic carbocycles. The van der Waals surface area contributed by atoms with E-state index in [-0.39, 0.29) is 5.56 Å². The Morgan fingerprint density at radius 3 is 2.70 bits per heavy atom. The molecule has 0 fully saturated rings. The van der Waals surface area contributed by atoms with Crippen molar-refractivity contribution in [2.24, 2.45) is 0 Å². The minimum Gasteiger partial charge on any atom is -0.492 e. The fourth-order valence-electron chi connectivity index (χ4n) is 2.84. The molecule has 0 spiro atoms. The van der Waals surface area contributed by atoms with Crippen LogP contribution in [0, 0.1) is 0 Å². The molecule has 4 aromatic rings. The Morgan fingerprint density at radius 1 is 1.11 bits per heavy atom. The Balaban J connectivity index is 1.73. The summed E-state index contributed by atoms with van der Waals surface area (Å²) in [4.78, 5) is 12.4. The van der Waals surface area contributed by atoms with Crippen molar-refractivity contribution < 1.29 is 4.74 Å². The zero-order valence-electron chi connectivity index (χ0n) is 14.7. The van der Waals surface area contributed by atoms with Crippen LogP contribution in [0.2, 0.25) is 0 Å². The van der Waals surface area contributed by atoms with E-state index in [1.165, 1.54) is 0 Å². The molecule has 0 radical (unpaired) electrons. The topological polar surface area (TPSA) is 97.7 Å². The number of hydrogen-bond acceptors (Lipinski definition) is 6. The Hall–Kier alpha value is -3.68. The molecule has 0 amide bonds. The highest BCUT2D eigenvalue weighted by Gasteiger charge is 2.16. The third-order valence-electron chi connectivity index (χ3n) is 4.06. The molecule has 0 atom stereocenters. The van der Waals surface area contributed by atoms with Crippen LogP contribution in [0.15, 0.2) is 59.4 Å². The van der Waals surface area contributed by atoms with E-state index in [1.54, 1.807) is 4.68 Å². The van der Waals surface area contributed by atoms with Crippen molar-refractivity contribution in [1.82, 2.24) is 25.2 Å². The molecule has 4 rings (SSSR count). The van der Waals surface area contributed by atoms with Crippen molar-refractivity contribution in [2.75, 3.05) is 11.9 Å². The molecular weight excluding hydrogens is 344 g/mol. The van der Waals surface area contributed by atoms with Crippen LogP contribution in [-0.2, 0) is 6.54 Å². The smallest absolute Gasteiger partial charge is 0.292 e. The van der Waals surface area contributed by atoms with Gasteiger partial charge in [0.2, 0.25) is 0 Å². The van der Waals surface area contributed by atoms with Gasteiger partial charge in [-0.15, -0.1) is 5.10 Å². The number of fused-ring (bicyclic) bond motifs is 1. The number of hydrogen-bond donors (Lipinski definition) is 2. The molecule has 0 aliphatic rings. The van der Waals surface area contributed by atoms with E-state index in [9.17, 15) is 4.79 Å². The van der Waals surface area contributed by atoms with Gasteiger partial charge in [-0.3, -0.25) is 4.79 Å². The summed E-state index contributed by atoms with van der Waals surface area (Å²) in [6.07, 6.45) is 0. The van der Waals surface area contributed by atoms with E-state index >= 15 is 0 Å². The van der Waals surface area contributed by atoms with Gasteiger partial charge in [0.25, 0.3) is 5.56 Å². The van der Waals surface area contributed by atoms with Crippen LogP contribution in [0.4, 0.5) is 11.5 Å². The second-order valence-corrected chi connectivity index (χ2v) is 5.89. The number of nitrogens with one attached hydrogen (secondary N) is 2. The van der Waals surface area contributed by atoms with E-state index in [0.29, 0.717) is 35.8 Å². The maximum Gasteiger partial charge on any atom is 0.292 e. The Kier molecular flexibility index (Phi) is 4.52. The van der Waals surface area contributed by atoms with E-state index in [0.717, 1.165) is 11.3 Å². The third-order valence-corrected chi connectivity index (χ3v) is 4.06. The highest BCUT2D eigenvalue weighted by atomic mass is 16.5. The summed E-state index contributed by atoms with van der Waals surface area (Å²) in [6.45, 7) is 2.90. The second-order valence-electron chi connectivity index (χ2n) is 5.89. The molecule has 0 saturated carbocycles. The van der Waals surface area contributed by atoms with E-state index in [4.69, 9.17) is 4.74 Å². The lowest BCUT2D eigenvalue weighted by atomic mass is 10.2. The zero-order valence-corrected chi connectivity index (χ0v) is 14.7. The number of para-hydroxylation sites is 2. The average Bonchev–Trinajstić information content (AvgIpc) is 3.11. The summed E-state index contributed by atoms with van der Waals surface area (Å²) in [5.74, 6) is 1.11. The van der Waals surface area contributed by atoms with Gasteiger partial charge in [0.15, 0.2) is 16.9 Å². The van der Waals surface area contributed by atoms with E-state index in [2.05, 4.69) is 25.8 Å². The SMILES string of the molecule is CCOc1ccccc1Nc1n[nH]c(=O)c2c1nnn2Cc1ccccc1. The van der Waals surface area contributed by atoms with Gasteiger partial charge in [-0.25, -0.2) is 9.78 Å². The van der Waals surface area contributed by atoms with Crippen LogP contribution in [0.25, 0.3) is 11.0 Å². The van der Waals surface area contributed by atoms with Crippen LogP contribution < -0.4 is 15.6 Å². The van der Waals surface area contributed by atoms with Crippen molar-refractivity contribution >= 4 is 22.5 Å². The lowest BCUT2D eigenvalue weighted by Crippen LogP contribution is -2.15. The predicted molar refractivity (Wildman–Crippen MR) is 102 cm³/mol.